The minimum Gasteiger partial charge on any atom is -0.391 e. The van der Waals surface area contributed by atoms with Crippen LogP contribution in [0.25, 0.3) is 0 Å². The van der Waals surface area contributed by atoms with Crippen LogP contribution < -0.4 is 0 Å². The summed E-state index contributed by atoms with van der Waals surface area (Å²) in [6, 6.07) is 11.7. The number of aliphatic hydroxyl groups excluding tert-OH is 1. The molecule has 0 saturated heterocycles. The molecule has 0 amide bonds. The van der Waals surface area contributed by atoms with Crippen molar-refractivity contribution in [1.82, 2.24) is 0 Å². The van der Waals surface area contributed by atoms with Crippen molar-refractivity contribution in [3.05, 3.63) is 69.3 Å². The predicted octanol–water partition coefficient (Wildman–Crippen LogP) is 2.65. The molecule has 0 radical (unpaired) electrons. The van der Waals surface area contributed by atoms with Crippen molar-refractivity contribution in [1.29, 1.82) is 0 Å². The van der Waals surface area contributed by atoms with Gasteiger partial charge in [-0.05, 0) is 35.7 Å². The highest BCUT2D eigenvalue weighted by atomic mass is 16.6. The maximum atomic E-state index is 10.9. The highest BCUT2D eigenvalue weighted by Crippen LogP contribution is 2.22. The Labute approximate surface area is 120 Å². The molecule has 0 spiro atoms. The summed E-state index contributed by atoms with van der Waals surface area (Å²) in [5.41, 5.74) is 2.42. The van der Waals surface area contributed by atoms with Crippen molar-refractivity contribution in [2.75, 3.05) is 0 Å². The van der Waals surface area contributed by atoms with E-state index in [1.54, 1.807) is 36.4 Å². The van der Waals surface area contributed by atoms with Gasteiger partial charge in [0.05, 0.1) is 22.8 Å². The van der Waals surface area contributed by atoms with Crippen LogP contribution in [0.1, 0.15) is 16.7 Å². The van der Waals surface area contributed by atoms with E-state index in [0.29, 0.717) is 17.7 Å². The number of aliphatic hydroxyl groups is 1. The molecule has 0 aliphatic carbocycles. The summed E-state index contributed by atoms with van der Waals surface area (Å²) >= 11 is 0. The molecular weight excluding hydrogens is 272 g/mol. The molecule has 0 bridgehead atoms. The summed E-state index contributed by atoms with van der Waals surface area (Å²) in [4.78, 5) is 24.1. The zero-order valence-electron chi connectivity index (χ0n) is 11.0. The van der Waals surface area contributed by atoms with E-state index in [9.17, 15) is 14.9 Å². The minimum atomic E-state index is -0.503. The third-order valence-corrected chi connectivity index (χ3v) is 3.04. The molecule has 6 heteroatoms. The summed E-state index contributed by atoms with van der Waals surface area (Å²) < 4.78 is 0. The van der Waals surface area contributed by atoms with Gasteiger partial charge in [0.1, 0.15) is 0 Å². The lowest BCUT2D eigenvalue weighted by Crippen LogP contribution is -1.97. The van der Waals surface area contributed by atoms with Crippen LogP contribution in [0.3, 0.4) is 0 Å². The number of nitro groups is 1. The third-order valence-electron chi connectivity index (χ3n) is 3.04. The van der Waals surface area contributed by atoms with Crippen molar-refractivity contribution < 1.29 is 14.8 Å². The van der Waals surface area contributed by atoms with E-state index in [0.717, 1.165) is 11.1 Å². The molecule has 0 heterocycles. The molecule has 2 rings (SSSR count). The smallest absolute Gasteiger partial charge is 0.275 e. The summed E-state index contributed by atoms with van der Waals surface area (Å²) in [5.74, 6) is 0. The van der Waals surface area contributed by atoms with Gasteiger partial charge in [0.15, 0.2) is 0 Å². The van der Waals surface area contributed by atoms with E-state index in [-0.39, 0.29) is 12.3 Å². The summed E-state index contributed by atoms with van der Waals surface area (Å²) in [6.45, 7) is -0.366. The molecule has 106 valence electrons. The van der Waals surface area contributed by atoms with Gasteiger partial charge in [-0.25, -0.2) is 4.79 Å². The van der Waals surface area contributed by atoms with E-state index in [1.165, 1.54) is 12.1 Å². The Balaban J connectivity index is 2.25. The van der Waals surface area contributed by atoms with Crippen LogP contribution in [0, 0.1) is 10.1 Å². The lowest BCUT2D eigenvalue weighted by atomic mass is 10.0. The Hall–Kier alpha value is -2.82. The van der Waals surface area contributed by atoms with Crippen LogP contribution in [0.5, 0.6) is 0 Å². The van der Waals surface area contributed by atoms with Crippen molar-refractivity contribution >= 4 is 17.5 Å². The lowest BCUT2D eigenvalue weighted by Gasteiger charge is -2.05. The summed E-state index contributed by atoms with van der Waals surface area (Å²) in [5, 5.41) is 20.0. The van der Waals surface area contributed by atoms with Gasteiger partial charge in [-0.1, -0.05) is 18.2 Å². The number of hydrogen-bond acceptors (Lipinski definition) is 5. The van der Waals surface area contributed by atoms with E-state index in [2.05, 4.69) is 4.99 Å². The Morgan fingerprint density at radius 3 is 2.38 bits per heavy atom. The zero-order chi connectivity index (χ0) is 15.2. The van der Waals surface area contributed by atoms with Crippen LogP contribution in [0.2, 0.25) is 0 Å². The Kier molecular flexibility index (Phi) is 4.56. The number of carbonyl (C=O) groups excluding carboxylic acids is 1. The summed E-state index contributed by atoms with van der Waals surface area (Å²) in [7, 11) is 0. The average Bonchev–Trinajstić information content (AvgIpc) is 2.49. The second kappa shape index (κ2) is 6.56. The molecule has 1 N–H and O–H groups in total. The lowest BCUT2D eigenvalue weighted by molar-refractivity contribution is -0.385. The molecule has 0 atom stereocenters. The fraction of sp³-hybridized carbons (Fsp3) is 0.133. The Morgan fingerprint density at radius 2 is 1.81 bits per heavy atom. The topological polar surface area (TPSA) is 92.8 Å². The molecule has 2 aromatic rings. The predicted molar refractivity (Wildman–Crippen MR) is 76.0 cm³/mol. The zero-order valence-corrected chi connectivity index (χ0v) is 11.0. The van der Waals surface area contributed by atoms with Gasteiger partial charge < -0.3 is 5.11 Å². The normalized spacial score (nSPS) is 9.95. The van der Waals surface area contributed by atoms with Crippen LogP contribution in [0.4, 0.5) is 11.4 Å². The Bertz CT molecular complexity index is 704. The Morgan fingerprint density at radius 1 is 1.14 bits per heavy atom. The van der Waals surface area contributed by atoms with Gasteiger partial charge in [-0.2, -0.15) is 4.99 Å². The second-order valence-corrected chi connectivity index (χ2v) is 4.42. The van der Waals surface area contributed by atoms with E-state index in [1.807, 2.05) is 0 Å². The minimum absolute atomic E-state index is 0.0859. The van der Waals surface area contributed by atoms with Gasteiger partial charge in [0.25, 0.3) is 5.69 Å². The van der Waals surface area contributed by atoms with Gasteiger partial charge in [0.2, 0.25) is 6.08 Å². The van der Waals surface area contributed by atoms with Crippen LogP contribution in [0.15, 0.2) is 47.5 Å². The van der Waals surface area contributed by atoms with Gasteiger partial charge >= 0.3 is 0 Å². The number of aliphatic imine (C=N–C) groups is 1. The van der Waals surface area contributed by atoms with Crippen LogP contribution >= 0.6 is 0 Å². The average molecular weight is 284 g/mol. The molecule has 0 fully saturated rings. The van der Waals surface area contributed by atoms with Gasteiger partial charge in [0, 0.05) is 6.07 Å². The molecule has 0 aliphatic rings. The highest BCUT2D eigenvalue weighted by Gasteiger charge is 2.13. The standard InChI is InChI=1S/C15H12N2O4/c18-9-13-4-1-12(8-15(13)17(20)21)7-11-2-5-14(6-3-11)16-10-19/h1-6,8,18H,7,9H2. The highest BCUT2D eigenvalue weighted by molar-refractivity contribution is 5.50. The van der Waals surface area contributed by atoms with E-state index >= 15 is 0 Å². The summed E-state index contributed by atoms with van der Waals surface area (Å²) in [6.07, 6.45) is 1.97. The molecule has 0 aliphatic heterocycles. The second-order valence-electron chi connectivity index (χ2n) is 4.42. The number of rotatable bonds is 5. The monoisotopic (exact) mass is 284 g/mol. The molecular formula is C15H12N2O4. The number of isocyanates is 1. The van der Waals surface area contributed by atoms with Crippen molar-refractivity contribution in [2.24, 2.45) is 4.99 Å². The maximum Gasteiger partial charge on any atom is 0.275 e. The molecule has 6 nitrogen and oxygen atoms in total. The van der Waals surface area contributed by atoms with Crippen LogP contribution in [-0.4, -0.2) is 16.1 Å². The van der Waals surface area contributed by atoms with Crippen LogP contribution in [-0.2, 0) is 17.8 Å². The number of nitro benzene ring substituents is 1. The van der Waals surface area contributed by atoms with E-state index in [4.69, 9.17) is 5.11 Å². The van der Waals surface area contributed by atoms with Crippen molar-refractivity contribution in [3.63, 3.8) is 0 Å². The first-order valence-corrected chi connectivity index (χ1v) is 6.18. The largest absolute Gasteiger partial charge is 0.391 e. The maximum absolute atomic E-state index is 10.9. The van der Waals surface area contributed by atoms with E-state index < -0.39 is 4.92 Å². The van der Waals surface area contributed by atoms with Crippen molar-refractivity contribution in [2.45, 2.75) is 13.0 Å². The molecule has 21 heavy (non-hydrogen) atoms. The fourth-order valence-electron chi connectivity index (χ4n) is 2.00. The quantitative estimate of drug-likeness (QED) is 0.395. The van der Waals surface area contributed by atoms with Crippen molar-refractivity contribution in [3.8, 4) is 0 Å². The first-order valence-electron chi connectivity index (χ1n) is 6.18. The molecule has 2 aromatic carbocycles. The number of benzene rings is 2. The van der Waals surface area contributed by atoms with Gasteiger partial charge in [-0.15, -0.1) is 0 Å². The first-order chi connectivity index (χ1) is 10.1. The number of hydrogen-bond donors (Lipinski definition) is 1. The SMILES string of the molecule is O=C=Nc1ccc(Cc2ccc(CO)c([N+](=O)[O-])c2)cc1. The molecule has 0 unspecified atom stereocenters. The molecule has 0 saturated carbocycles. The first kappa shape index (κ1) is 14.6. The third kappa shape index (κ3) is 3.60. The molecule has 0 aromatic heterocycles. The fourth-order valence-corrected chi connectivity index (χ4v) is 2.00. The van der Waals surface area contributed by atoms with Gasteiger partial charge in [-0.3, -0.25) is 10.1 Å². The number of nitrogens with zero attached hydrogens (tertiary/aromatic N) is 2.